The molecule has 0 fully saturated rings. The number of primary amides is 1. The van der Waals surface area contributed by atoms with Crippen LogP contribution in [0.1, 0.15) is 16.4 Å². The van der Waals surface area contributed by atoms with E-state index in [-0.39, 0.29) is 10.8 Å². The molecule has 6 nitrogen and oxygen atoms in total. The molecule has 1 unspecified atom stereocenters. The third kappa shape index (κ3) is 4.91. The van der Waals surface area contributed by atoms with Gasteiger partial charge in [-0.25, -0.2) is 0 Å². The summed E-state index contributed by atoms with van der Waals surface area (Å²) in [6.07, 6.45) is -4.53. The molecule has 0 aliphatic heterocycles. The summed E-state index contributed by atoms with van der Waals surface area (Å²) in [5.41, 5.74) is 6.29. The zero-order valence-corrected chi connectivity index (χ0v) is 18.7. The largest absolute Gasteiger partial charge is 0.497 e. The number of hydrogen-bond donors (Lipinski definition) is 1. The van der Waals surface area contributed by atoms with E-state index < -0.39 is 22.9 Å². The van der Waals surface area contributed by atoms with Crippen molar-refractivity contribution in [2.45, 2.75) is 16.6 Å². The monoisotopic (exact) mass is 484 g/mol. The van der Waals surface area contributed by atoms with E-state index in [1.54, 1.807) is 54.6 Å². The van der Waals surface area contributed by atoms with Crippen LogP contribution in [0.15, 0.2) is 84.0 Å². The summed E-state index contributed by atoms with van der Waals surface area (Å²) in [5, 5.41) is 7.84. The summed E-state index contributed by atoms with van der Waals surface area (Å²) >= 11 is 1.02. The predicted octanol–water partition coefficient (Wildman–Crippen LogP) is 5.28. The minimum atomic E-state index is -4.53. The van der Waals surface area contributed by atoms with Crippen molar-refractivity contribution < 1.29 is 22.7 Å². The molecule has 1 amide bonds. The average molecular weight is 485 g/mol. The number of nitrogens with zero attached hydrogens (tertiary/aromatic N) is 3. The maximum Gasteiger partial charge on any atom is 0.416 e. The number of rotatable bonds is 7. The third-order valence-corrected chi connectivity index (χ3v) is 6.21. The number of ether oxygens (including phenoxy) is 1. The van der Waals surface area contributed by atoms with E-state index in [1.165, 1.54) is 23.8 Å². The highest BCUT2D eigenvalue weighted by Gasteiger charge is 2.31. The molecule has 1 atom stereocenters. The number of hydrogen-bond acceptors (Lipinski definition) is 5. The highest BCUT2D eigenvalue weighted by Crippen LogP contribution is 2.38. The number of benzene rings is 3. The standard InChI is InChI=1S/C24H19F3N4O2S/c1-33-19-12-10-16(11-13-19)22-29-30-23(34-20(21(28)32)15-6-3-2-4-7-15)31(22)18-9-5-8-17(14-18)24(25,26)27/h2-14,20H,1H3,(H2,28,32). The van der Waals surface area contributed by atoms with Crippen LogP contribution in [0.3, 0.4) is 0 Å². The lowest BCUT2D eigenvalue weighted by Crippen LogP contribution is -2.19. The first kappa shape index (κ1) is 23.4. The number of aromatic nitrogens is 3. The van der Waals surface area contributed by atoms with E-state index in [0.717, 1.165) is 23.9 Å². The fourth-order valence-electron chi connectivity index (χ4n) is 3.35. The van der Waals surface area contributed by atoms with E-state index >= 15 is 0 Å². The smallest absolute Gasteiger partial charge is 0.416 e. The molecule has 0 radical (unpaired) electrons. The van der Waals surface area contributed by atoms with Crippen molar-refractivity contribution in [1.82, 2.24) is 14.8 Å². The maximum absolute atomic E-state index is 13.4. The molecule has 34 heavy (non-hydrogen) atoms. The van der Waals surface area contributed by atoms with Gasteiger partial charge in [-0.1, -0.05) is 48.2 Å². The molecule has 0 saturated heterocycles. The Morgan fingerprint density at radius 2 is 1.71 bits per heavy atom. The van der Waals surface area contributed by atoms with Gasteiger partial charge < -0.3 is 10.5 Å². The SMILES string of the molecule is COc1ccc(-c2nnc(SC(C(N)=O)c3ccccc3)n2-c2cccc(C(F)(F)F)c2)cc1. The average Bonchev–Trinajstić information content (AvgIpc) is 3.26. The van der Waals surface area contributed by atoms with Crippen LogP contribution in [0.2, 0.25) is 0 Å². The minimum absolute atomic E-state index is 0.199. The Hall–Kier alpha value is -3.79. The summed E-state index contributed by atoms with van der Waals surface area (Å²) in [6.45, 7) is 0. The molecule has 4 rings (SSSR count). The minimum Gasteiger partial charge on any atom is -0.497 e. The van der Waals surface area contributed by atoms with Crippen molar-refractivity contribution in [1.29, 1.82) is 0 Å². The van der Waals surface area contributed by atoms with Crippen molar-refractivity contribution >= 4 is 17.7 Å². The predicted molar refractivity (Wildman–Crippen MR) is 123 cm³/mol. The van der Waals surface area contributed by atoms with Crippen LogP contribution in [0.4, 0.5) is 13.2 Å². The first-order chi connectivity index (χ1) is 16.3. The molecule has 174 valence electrons. The Morgan fingerprint density at radius 1 is 1.00 bits per heavy atom. The topological polar surface area (TPSA) is 83.0 Å². The fraction of sp³-hybridized carbons (Fsp3) is 0.125. The summed E-state index contributed by atoms with van der Waals surface area (Å²) in [6, 6.07) is 20.6. The second kappa shape index (κ2) is 9.60. The molecule has 0 saturated carbocycles. The van der Waals surface area contributed by atoms with Gasteiger partial charge >= 0.3 is 6.18 Å². The molecule has 10 heteroatoms. The summed E-state index contributed by atoms with van der Waals surface area (Å²) < 4.78 is 47.0. The molecular formula is C24H19F3N4O2S. The van der Waals surface area contributed by atoms with Gasteiger partial charge in [-0.15, -0.1) is 10.2 Å². The third-order valence-electron chi connectivity index (χ3n) is 5.00. The quantitative estimate of drug-likeness (QED) is 0.361. The molecule has 3 aromatic carbocycles. The van der Waals surface area contributed by atoms with E-state index in [2.05, 4.69) is 10.2 Å². The molecule has 0 bridgehead atoms. The van der Waals surface area contributed by atoms with Gasteiger partial charge in [-0.3, -0.25) is 9.36 Å². The van der Waals surface area contributed by atoms with Crippen LogP contribution in [-0.4, -0.2) is 27.8 Å². The van der Waals surface area contributed by atoms with Crippen molar-refractivity contribution in [2.24, 2.45) is 5.73 Å². The molecule has 2 N–H and O–H groups in total. The molecule has 0 aliphatic carbocycles. The first-order valence-corrected chi connectivity index (χ1v) is 10.9. The maximum atomic E-state index is 13.4. The fourth-order valence-corrected chi connectivity index (χ4v) is 4.36. The normalized spacial score (nSPS) is 12.4. The summed E-state index contributed by atoms with van der Waals surface area (Å²) in [5.74, 6) is 0.308. The zero-order chi connectivity index (χ0) is 24.3. The number of carbonyl (C=O) groups excluding carboxylic acids is 1. The van der Waals surface area contributed by atoms with Crippen LogP contribution in [-0.2, 0) is 11.0 Å². The molecule has 0 spiro atoms. The van der Waals surface area contributed by atoms with Crippen LogP contribution in [0.5, 0.6) is 5.75 Å². The zero-order valence-electron chi connectivity index (χ0n) is 17.9. The number of amides is 1. The Balaban J connectivity index is 1.86. The van der Waals surface area contributed by atoms with E-state index in [9.17, 15) is 18.0 Å². The summed E-state index contributed by atoms with van der Waals surface area (Å²) in [7, 11) is 1.53. The highest BCUT2D eigenvalue weighted by molar-refractivity contribution is 8.00. The van der Waals surface area contributed by atoms with Crippen LogP contribution >= 0.6 is 11.8 Å². The molecule has 0 aliphatic rings. The summed E-state index contributed by atoms with van der Waals surface area (Å²) in [4.78, 5) is 12.3. The van der Waals surface area contributed by atoms with Gasteiger partial charge in [0.05, 0.1) is 18.4 Å². The lowest BCUT2D eigenvalue weighted by molar-refractivity contribution is -0.137. The van der Waals surface area contributed by atoms with Gasteiger partial charge in [0.25, 0.3) is 0 Å². The lowest BCUT2D eigenvalue weighted by Gasteiger charge is -2.16. The second-order valence-electron chi connectivity index (χ2n) is 7.23. The molecule has 4 aromatic rings. The van der Waals surface area contributed by atoms with Gasteiger partial charge in [0.15, 0.2) is 11.0 Å². The van der Waals surface area contributed by atoms with Crippen molar-refractivity contribution in [3.8, 4) is 22.8 Å². The van der Waals surface area contributed by atoms with Gasteiger partial charge in [0, 0.05) is 5.56 Å². The Morgan fingerprint density at radius 3 is 2.32 bits per heavy atom. The van der Waals surface area contributed by atoms with Crippen molar-refractivity contribution in [3.05, 3.63) is 90.0 Å². The number of thioether (sulfide) groups is 1. The number of halogens is 3. The van der Waals surface area contributed by atoms with E-state index in [4.69, 9.17) is 10.5 Å². The van der Waals surface area contributed by atoms with Crippen molar-refractivity contribution in [2.75, 3.05) is 7.11 Å². The van der Waals surface area contributed by atoms with Gasteiger partial charge in [-0.2, -0.15) is 13.2 Å². The molecule has 1 aromatic heterocycles. The Labute approximate surface area is 197 Å². The lowest BCUT2D eigenvalue weighted by atomic mass is 10.1. The van der Waals surface area contributed by atoms with E-state index in [0.29, 0.717) is 22.7 Å². The number of nitrogens with two attached hydrogens (primary N) is 1. The van der Waals surface area contributed by atoms with Crippen LogP contribution in [0, 0.1) is 0 Å². The van der Waals surface area contributed by atoms with Crippen LogP contribution < -0.4 is 10.5 Å². The van der Waals surface area contributed by atoms with Gasteiger partial charge in [-0.05, 0) is 48.0 Å². The number of alkyl halides is 3. The molecular weight excluding hydrogens is 465 g/mol. The number of methoxy groups -OCH3 is 1. The van der Waals surface area contributed by atoms with Crippen molar-refractivity contribution in [3.63, 3.8) is 0 Å². The second-order valence-corrected chi connectivity index (χ2v) is 8.30. The van der Waals surface area contributed by atoms with Gasteiger partial charge in [0.2, 0.25) is 5.91 Å². The van der Waals surface area contributed by atoms with E-state index in [1.807, 2.05) is 0 Å². The first-order valence-electron chi connectivity index (χ1n) is 10.1. The number of carbonyl (C=O) groups is 1. The van der Waals surface area contributed by atoms with Gasteiger partial charge in [0.1, 0.15) is 11.0 Å². The van der Waals surface area contributed by atoms with Crippen LogP contribution in [0.25, 0.3) is 17.1 Å². The highest BCUT2D eigenvalue weighted by atomic mass is 32.2. The Bertz CT molecular complexity index is 1290. The Kier molecular flexibility index (Phi) is 6.60. The molecule has 1 heterocycles.